The van der Waals surface area contributed by atoms with Crippen LogP contribution in [0.4, 0.5) is 0 Å². The van der Waals surface area contributed by atoms with Crippen molar-refractivity contribution in [2.24, 2.45) is 0 Å². The molecule has 2 aliphatic rings. The summed E-state index contributed by atoms with van der Waals surface area (Å²) in [6.07, 6.45) is 15.5. The van der Waals surface area contributed by atoms with Crippen molar-refractivity contribution in [2.45, 2.75) is 25.7 Å². The molecule has 3 heteroatoms. The van der Waals surface area contributed by atoms with Crippen LogP contribution in [0.1, 0.15) is 36.9 Å². The fraction of sp³-hybridized carbons (Fsp3) is 0.263. The summed E-state index contributed by atoms with van der Waals surface area (Å²) in [5.41, 5.74) is 4.23. The number of carbonyl (C=O) groups is 1. The van der Waals surface area contributed by atoms with Gasteiger partial charge >= 0.3 is 0 Å². The summed E-state index contributed by atoms with van der Waals surface area (Å²) in [5, 5.41) is 0. The molecule has 0 spiro atoms. The van der Waals surface area contributed by atoms with E-state index in [9.17, 15) is 4.79 Å². The first-order valence-electron chi connectivity index (χ1n) is 7.75. The SMILES string of the molecule is C=Cc1cccnc1/C=C/C(=O)N1CCCC2=C1C=CCC2. The molecular weight excluding hydrogens is 272 g/mol. The molecule has 3 nitrogen and oxygen atoms in total. The molecule has 0 N–H and O–H groups in total. The molecule has 0 bridgehead atoms. The van der Waals surface area contributed by atoms with Crippen LogP contribution >= 0.6 is 0 Å². The molecule has 1 aromatic heterocycles. The average Bonchev–Trinajstić information content (AvgIpc) is 2.59. The van der Waals surface area contributed by atoms with Crippen LogP contribution < -0.4 is 0 Å². The molecule has 1 aliphatic heterocycles. The van der Waals surface area contributed by atoms with Gasteiger partial charge in [-0.1, -0.05) is 24.8 Å². The van der Waals surface area contributed by atoms with E-state index in [0.717, 1.165) is 49.2 Å². The number of carbonyl (C=O) groups excluding carboxylic acids is 1. The van der Waals surface area contributed by atoms with Gasteiger partial charge in [0.05, 0.1) is 5.69 Å². The van der Waals surface area contributed by atoms with E-state index in [1.807, 2.05) is 17.0 Å². The van der Waals surface area contributed by atoms with Crippen molar-refractivity contribution in [2.75, 3.05) is 6.54 Å². The first-order valence-corrected chi connectivity index (χ1v) is 7.75. The lowest BCUT2D eigenvalue weighted by Gasteiger charge is -2.31. The number of hydrogen-bond acceptors (Lipinski definition) is 2. The summed E-state index contributed by atoms with van der Waals surface area (Å²) < 4.78 is 0. The van der Waals surface area contributed by atoms with E-state index in [1.165, 1.54) is 5.57 Å². The third-order valence-electron chi connectivity index (χ3n) is 4.14. The van der Waals surface area contributed by atoms with Crippen LogP contribution in [0.2, 0.25) is 0 Å². The van der Waals surface area contributed by atoms with Gasteiger partial charge in [-0.3, -0.25) is 9.78 Å². The lowest BCUT2D eigenvalue weighted by Crippen LogP contribution is -2.33. The van der Waals surface area contributed by atoms with E-state index >= 15 is 0 Å². The summed E-state index contributed by atoms with van der Waals surface area (Å²) in [7, 11) is 0. The second-order valence-corrected chi connectivity index (χ2v) is 5.54. The van der Waals surface area contributed by atoms with Crippen LogP contribution in [-0.4, -0.2) is 22.3 Å². The van der Waals surface area contributed by atoms with E-state index in [-0.39, 0.29) is 5.91 Å². The highest BCUT2D eigenvalue weighted by molar-refractivity contribution is 5.93. The van der Waals surface area contributed by atoms with Crippen LogP contribution in [0.25, 0.3) is 12.2 Å². The molecule has 22 heavy (non-hydrogen) atoms. The lowest BCUT2D eigenvalue weighted by molar-refractivity contribution is -0.124. The van der Waals surface area contributed by atoms with Gasteiger partial charge in [-0.25, -0.2) is 0 Å². The second kappa shape index (κ2) is 6.56. The van der Waals surface area contributed by atoms with E-state index in [0.29, 0.717) is 0 Å². The van der Waals surface area contributed by atoms with Crippen molar-refractivity contribution in [3.05, 3.63) is 65.7 Å². The van der Waals surface area contributed by atoms with E-state index < -0.39 is 0 Å². The van der Waals surface area contributed by atoms with E-state index in [4.69, 9.17) is 0 Å². The Bertz CT molecular complexity index is 682. The fourth-order valence-corrected chi connectivity index (χ4v) is 3.01. The van der Waals surface area contributed by atoms with Crippen molar-refractivity contribution < 1.29 is 4.79 Å². The number of aromatic nitrogens is 1. The number of amides is 1. The minimum atomic E-state index is 0.0272. The van der Waals surface area contributed by atoms with Crippen LogP contribution in [0.5, 0.6) is 0 Å². The average molecular weight is 292 g/mol. The molecule has 0 saturated heterocycles. The molecule has 112 valence electrons. The van der Waals surface area contributed by atoms with E-state index in [2.05, 4.69) is 23.7 Å². The van der Waals surface area contributed by atoms with Gasteiger partial charge in [0.1, 0.15) is 0 Å². The lowest BCUT2D eigenvalue weighted by atomic mass is 9.93. The highest BCUT2D eigenvalue weighted by Gasteiger charge is 2.23. The summed E-state index contributed by atoms with van der Waals surface area (Å²) in [5.74, 6) is 0.0272. The van der Waals surface area contributed by atoms with Crippen molar-refractivity contribution in [3.8, 4) is 0 Å². The van der Waals surface area contributed by atoms with Gasteiger partial charge in [0.15, 0.2) is 0 Å². The zero-order valence-corrected chi connectivity index (χ0v) is 12.7. The van der Waals surface area contributed by atoms with Crippen LogP contribution in [0, 0.1) is 0 Å². The molecule has 3 rings (SSSR count). The highest BCUT2D eigenvalue weighted by atomic mass is 16.2. The Labute approximate surface area is 131 Å². The third kappa shape index (κ3) is 2.93. The number of rotatable bonds is 3. The maximum Gasteiger partial charge on any atom is 0.251 e. The highest BCUT2D eigenvalue weighted by Crippen LogP contribution is 2.30. The van der Waals surface area contributed by atoms with Crippen molar-refractivity contribution in [1.29, 1.82) is 0 Å². The van der Waals surface area contributed by atoms with Crippen molar-refractivity contribution in [1.82, 2.24) is 9.88 Å². The summed E-state index contributed by atoms with van der Waals surface area (Å²) in [4.78, 5) is 18.7. The quantitative estimate of drug-likeness (QED) is 0.790. The standard InChI is InChI=1S/C19H20N2O/c1-2-15-8-5-13-20-17(15)11-12-19(22)21-14-6-9-16-7-3-4-10-18(16)21/h2,4-5,8,10-13H,1,3,6-7,9,14H2/b12-11+. The van der Waals surface area contributed by atoms with Crippen molar-refractivity contribution >= 4 is 18.1 Å². The van der Waals surface area contributed by atoms with Gasteiger partial charge in [0.25, 0.3) is 5.91 Å². The molecule has 0 radical (unpaired) electrons. The molecule has 2 heterocycles. The molecule has 1 amide bonds. The van der Waals surface area contributed by atoms with Gasteiger partial charge < -0.3 is 4.90 Å². The van der Waals surface area contributed by atoms with Gasteiger partial charge in [0.2, 0.25) is 0 Å². The smallest absolute Gasteiger partial charge is 0.251 e. The van der Waals surface area contributed by atoms with Gasteiger partial charge in [-0.05, 0) is 55.0 Å². The zero-order valence-electron chi connectivity index (χ0n) is 12.7. The number of allylic oxidation sites excluding steroid dienone is 3. The maximum absolute atomic E-state index is 12.5. The summed E-state index contributed by atoms with van der Waals surface area (Å²) in [6, 6.07) is 3.81. The Morgan fingerprint density at radius 3 is 3.14 bits per heavy atom. The Kier molecular flexibility index (Phi) is 4.33. The number of pyridine rings is 1. The molecule has 1 aliphatic carbocycles. The minimum Gasteiger partial charge on any atom is -0.309 e. The Morgan fingerprint density at radius 2 is 2.27 bits per heavy atom. The summed E-state index contributed by atoms with van der Waals surface area (Å²) in [6.45, 7) is 4.57. The predicted octanol–water partition coefficient (Wildman–Crippen LogP) is 3.96. The van der Waals surface area contributed by atoms with Crippen LogP contribution in [0.3, 0.4) is 0 Å². The molecule has 0 atom stereocenters. The number of hydrogen-bond donors (Lipinski definition) is 0. The molecule has 0 aromatic carbocycles. The maximum atomic E-state index is 12.5. The monoisotopic (exact) mass is 292 g/mol. The second-order valence-electron chi connectivity index (χ2n) is 5.54. The normalized spacial score (nSPS) is 17.7. The first kappa shape index (κ1) is 14.5. The molecule has 1 aromatic rings. The first-order chi connectivity index (χ1) is 10.8. The molecular formula is C19H20N2O. The molecule has 0 unspecified atom stereocenters. The van der Waals surface area contributed by atoms with E-state index in [1.54, 1.807) is 24.4 Å². The Hall–Kier alpha value is -2.42. The largest absolute Gasteiger partial charge is 0.309 e. The van der Waals surface area contributed by atoms with Crippen LogP contribution in [0.15, 0.2) is 54.4 Å². The Morgan fingerprint density at radius 1 is 1.36 bits per heavy atom. The third-order valence-corrected chi connectivity index (χ3v) is 4.14. The minimum absolute atomic E-state index is 0.0272. The summed E-state index contributed by atoms with van der Waals surface area (Å²) >= 11 is 0. The van der Waals surface area contributed by atoms with Gasteiger partial charge in [-0.15, -0.1) is 0 Å². The predicted molar refractivity (Wildman–Crippen MR) is 89.7 cm³/mol. The van der Waals surface area contributed by atoms with Crippen molar-refractivity contribution in [3.63, 3.8) is 0 Å². The topological polar surface area (TPSA) is 33.2 Å². The number of nitrogens with zero attached hydrogens (tertiary/aromatic N) is 2. The molecule has 0 saturated carbocycles. The zero-order chi connectivity index (χ0) is 15.4. The van der Waals surface area contributed by atoms with Gasteiger partial charge in [-0.2, -0.15) is 0 Å². The van der Waals surface area contributed by atoms with Crippen LogP contribution in [-0.2, 0) is 4.79 Å². The van der Waals surface area contributed by atoms with Gasteiger partial charge in [0, 0.05) is 24.5 Å². The Balaban J connectivity index is 1.81. The fourth-order valence-electron chi connectivity index (χ4n) is 3.01. The molecule has 0 fully saturated rings.